The minimum atomic E-state index is -0.453. The van der Waals surface area contributed by atoms with Crippen molar-refractivity contribution < 1.29 is 19.3 Å². The molecule has 2 aliphatic heterocycles. The monoisotopic (exact) mass is 399 g/mol. The Bertz CT molecular complexity index is 729. The Hall–Kier alpha value is -2.06. The van der Waals surface area contributed by atoms with Crippen LogP contribution in [0.1, 0.15) is 24.8 Å². The summed E-state index contributed by atoms with van der Waals surface area (Å²) in [4.78, 5) is 31.0. The second-order valence-corrected chi connectivity index (χ2v) is 8.64. The van der Waals surface area contributed by atoms with Gasteiger partial charge in [-0.3, -0.25) is 4.79 Å². The number of hydrogen-bond donors (Lipinski definition) is 1. The molecule has 1 atom stereocenters. The fraction of sp³-hybridized carbons (Fsp3) is 0.619. The fourth-order valence-corrected chi connectivity index (χ4v) is 4.73. The number of rotatable bonds is 4. The van der Waals surface area contributed by atoms with Crippen LogP contribution in [0.3, 0.4) is 0 Å². The molecule has 1 spiro atoms. The van der Waals surface area contributed by atoms with Gasteiger partial charge in [-0.05, 0) is 37.1 Å². The minimum absolute atomic E-state index is 0.0781. The molecule has 1 aromatic carbocycles. The number of amides is 2. The van der Waals surface area contributed by atoms with Crippen LogP contribution in [0.2, 0.25) is 6.82 Å². The molecule has 1 unspecified atom stereocenters. The molecule has 29 heavy (non-hydrogen) atoms. The Balaban J connectivity index is 1.22. The number of carbonyl (C=O) groups excluding carboxylic acids is 2. The predicted molar refractivity (Wildman–Crippen MR) is 110 cm³/mol. The third-order valence-electron chi connectivity index (χ3n) is 6.86. The van der Waals surface area contributed by atoms with E-state index in [2.05, 4.69) is 0 Å². The highest BCUT2D eigenvalue weighted by atomic mass is 16.6. The smallest absolute Gasteiger partial charge is 0.410 e. The van der Waals surface area contributed by atoms with Crippen LogP contribution in [0.4, 0.5) is 4.79 Å². The zero-order valence-electron chi connectivity index (χ0n) is 17.1. The van der Waals surface area contributed by atoms with Crippen molar-refractivity contribution in [2.24, 2.45) is 11.3 Å². The van der Waals surface area contributed by atoms with Gasteiger partial charge in [0.2, 0.25) is 5.91 Å². The maximum Gasteiger partial charge on any atom is 0.410 e. The first-order valence-corrected chi connectivity index (χ1v) is 10.6. The maximum absolute atomic E-state index is 12.9. The van der Waals surface area contributed by atoms with E-state index in [-0.39, 0.29) is 23.3 Å². The van der Waals surface area contributed by atoms with Crippen LogP contribution in [-0.2, 0) is 16.1 Å². The van der Waals surface area contributed by atoms with Gasteiger partial charge in [-0.15, -0.1) is 0 Å². The van der Waals surface area contributed by atoms with Gasteiger partial charge in [0.05, 0.1) is 0 Å². The van der Waals surface area contributed by atoms with E-state index in [0.29, 0.717) is 32.8 Å². The van der Waals surface area contributed by atoms with Crippen LogP contribution in [-0.4, -0.2) is 78.0 Å². The van der Waals surface area contributed by atoms with Crippen molar-refractivity contribution in [2.45, 2.75) is 32.7 Å². The highest BCUT2D eigenvalue weighted by Crippen LogP contribution is 2.60. The molecule has 0 bridgehead atoms. The number of nitrogens with zero attached hydrogens (tertiary/aromatic N) is 3. The number of likely N-dealkylation sites (tertiary alicyclic amines) is 1. The summed E-state index contributed by atoms with van der Waals surface area (Å²) < 4.78 is 5.44. The Labute approximate surface area is 172 Å². The van der Waals surface area contributed by atoms with Gasteiger partial charge in [0.1, 0.15) is 6.61 Å². The number of carbonyl (C=O) groups is 2. The van der Waals surface area contributed by atoms with Crippen molar-refractivity contribution in [1.29, 1.82) is 0 Å². The van der Waals surface area contributed by atoms with Crippen LogP contribution < -0.4 is 0 Å². The molecule has 2 heterocycles. The average Bonchev–Trinajstić information content (AvgIpc) is 3.45. The highest BCUT2D eigenvalue weighted by Gasteiger charge is 2.59. The van der Waals surface area contributed by atoms with Crippen molar-refractivity contribution in [3.8, 4) is 0 Å². The summed E-state index contributed by atoms with van der Waals surface area (Å²) in [6, 6.07) is 9.69. The Kier molecular flexibility index (Phi) is 5.83. The van der Waals surface area contributed by atoms with Crippen molar-refractivity contribution in [2.75, 3.05) is 39.3 Å². The molecule has 7 nitrogen and oxygen atoms in total. The Morgan fingerprint density at radius 1 is 1.07 bits per heavy atom. The molecule has 3 fully saturated rings. The van der Waals surface area contributed by atoms with Gasteiger partial charge in [-0.25, -0.2) is 4.79 Å². The van der Waals surface area contributed by atoms with Crippen LogP contribution in [0.25, 0.3) is 0 Å². The molecule has 156 valence electrons. The third kappa shape index (κ3) is 4.43. The van der Waals surface area contributed by atoms with Gasteiger partial charge in [0.15, 0.2) is 0 Å². The highest BCUT2D eigenvalue weighted by molar-refractivity contribution is 6.45. The van der Waals surface area contributed by atoms with E-state index in [1.165, 1.54) is 0 Å². The van der Waals surface area contributed by atoms with Gasteiger partial charge >= 0.3 is 13.1 Å². The van der Waals surface area contributed by atoms with E-state index in [1.807, 2.05) is 40.0 Å². The lowest BCUT2D eigenvalue weighted by molar-refractivity contribution is -0.135. The third-order valence-corrected chi connectivity index (χ3v) is 6.86. The van der Waals surface area contributed by atoms with E-state index in [9.17, 15) is 14.6 Å². The molecule has 2 amide bonds. The number of benzene rings is 1. The zero-order chi connectivity index (χ0) is 20.4. The van der Waals surface area contributed by atoms with Gasteiger partial charge in [-0.1, -0.05) is 30.3 Å². The lowest BCUT2D eigenvalue weighted by Crippen LogP contribution is -2.53. The molecule has 3 aliphatic rings. The van der Waals surface area contributed by atoms with E-state index < -0.39 is 7.05 Å². The van der Waals surface area contributed by atoms with Crippen LogP contribution in [0.15, 0.2) is 30.3 Å². The largest absolute Gasteiger partial charge is 0.445 e. The first-order valence-electron chi connectivity index (χ1n) is 10.6. The summed E-state index contributed by atoms with van der Waals surface area (Å²) in [5.74, 6) is 0.360. The van der Waals surface area contributed by atoms with Crippen molar-refractivity contribution in [3.63, 3.8) is 0 Å². The first-order chi connectivity index (χ1) is 14.0. The van der Waals surface area contributed by atoms with Gasteiger partial charge in [0, 0.05) is 45.2 Å². The quantitative estimate of drug-likeness (QED) is 0.780. The summed E-state index contributed by atoms with van der Waals surface area (Å²) in [6.07, 6.45) is 2.42. The predicted octanol–water partition coefficient (Wildman–Crippen LogP) is 1.68. The van der Waals surface area contributed by atoms with Crippen LogP contribution in [0.5, 0.6) is 0 Å². The molecular formula is C21H30BN3O4. The van der Waals surface area contributed by atoms with E-state index in [0.717, 1.165) is 37.9 Å². The Morgan fingerprint density at radius 2 is 1.72 bits per heavy atom. The number of piperidine rings is 1. The van der Waals surface area contributed by atoms with Crippen molar-refractivity contribution in [3.05, 3.63) is 35.9 Å². The molecule has 0 radical (unpaired) electrons. The molecule has 2 saturated heterocycles. The number of ether oxygens (including phenoxy) is 1. The molecule has 4 rings (SSSR count). The second kappa shape index (κ2) is 8.36. The van der Waals surface area contributed by atoms with Gasteiger partial charge in [-0.2, -0.15) is 0 Å². The molecular weight excluding hydrogens is 369 g/mol. The zero-order valence-corrected chi connectivity index (χ0v) is 17.1. The van der Waals surface area contributed by atoms with Crippen LogP contribution in [0, 0.1) is 11.3 Å². The molecule has 8 heteroatoms. The van der Waals surface area contributed by atoms with E-state index in [4.69, 9.17) is 4.74 Å². The normalized spacial score (nSPS) is 23.7. The first kappa shape index (κ1) is 20.2. The SMILES string of the molecule is CB(O)N1CCN(C(=O)C2CC23CCN(C(=O)OCc2ccccc2)CC3)CC1. The summed E-state index contributed by atoms with van der Waals surface area (Å²) in [5, 5.41) is 9.67. The van der Waals surface area contributed by atoms with Crippen LogP contribution >= 0.6 is 0 Å². The summed E-state index contributed by atoms with van der Waals surface area (Å²) in [5.41, 5.74) is 1.06. The molecule has 0 aromatic heterocycles. The Morgan fingerprint density at radius 3 is 2.34 bits per heavy atom. The molecule has 1 N–H and O–H groups in total. The fourth-order valence-electron chi connectivity index (χ4n) is 4.73. The minimum Gasteiger partial charge on any atom is -0.445 e. The number of piperazine rings is 1. The van der Waals surface area contributed by atoms with Gasteiger partial charge in [0.25, 0.3) is 0 Å². The topological polar surface area (TPSA) is 73.3 Å². The summed E-state index contributed by atoms with van der Waals surface area (Å²) >= 11 is 0. The number of hydrogen-bond acceptors (Lipinski definition) is 5. The molecule has 1 aromatic rings. The van der Waals surface area contributed by atoms with E-state index in [1.54, 1.807) is 11.7 Å². The molecule has 1 saturated carbocycles. The molecule has 1 aliphatic carbocycles. The van der Waals surface area contributed by atoms with Crippen molar-refractivity contribution in [1.82, 2.24) is 14.6 Å². The standard InChI is InChI=1S/C21H30BN3O4/c1-22(28)25-13-11-23(12-14-25)19(26)18-15-21(18)7-9-24(10-8-21)20(27)29-16-17-5-3-2-4-6-17/h2-6,18,28H,7-16H2,1H3. The average molecular weight is 399 g/mol. The van der Waals surface area contributed by atoms with Gasteiger partial charge < -0.3 is 24.4 Å². The second-order valence-electron chi connectivity index (χ2n) is 8.64. The van der Waals surface area contributed by atoms with E-state index >= 15 is 0 Å². The summed E-state index contributed by atoms with van der Waals surface area (Å²) in [7, 11) is -0.453. The maximum atomic E-state index is 12.9. The van der Waals surface area contributed by atoms with Crippen molar-refractivity contribution >= 4 is 19.1 Å². The lowest BCUT2D eigenvalue weighted by atomic mass is 9.84. The lowest BCUT2D eigenvalue weighted by Gasteiger charge is -2.36. The summed E-state index contributed by atoms with van der Waals surface area (Å²) in [6.45, 7) is 6.21.